The number of unbranched alkanes of at least 4 members (excludes halogenated alkanes) is 1. The molecule has 1 nitrogen and oxygen atoms in total. The zero-order chi connectivity index (χ0) is 42.9. The second-order valence-electron chi connectivity index (χ2n) is 16.0. The van der Waals surface area contributed by atoms with Crippen molar-refractivity contribution >= 4 is 6.08 Å². The zero-order valence-electron chi connectivity index (χ0n) is 36.6. The van der Waals surface area contributed by atoms with Crippen LogP contribution in [0.2, 0.25) is 0 Å². The number of fused-ring (bicyclic) bond motifs is 10. The van der Waals surface area contributed by atoms with Gasteiger partial charge in [0, 0.05) is 12.5 Å². The third-order valence-corrected chi connectivity index (χ3v) is 12.4. The van der Waals surface area contributed by atoms with E-state index in [2.05, 4.69) is 202 Å². The third kappa shape index (κ3) is 7.93. The predicted octanol–water partition coefficient (Wildman–Crippen LogP) is 16.1. The molecule has 0 saturated carbocycles. The Bertz CT molecular complexity index is 2760. The van der Waals surface area contributed by atoms with Gasteiger partial charge in [-0.1, -0.05) is 246 Å². The van der Waals surface area contributed by atoms with Gasteiger partial charge in [0.1, 0.15) is 0 Å². The summed E-state index contributed by atoms with van der Waals surface area (Å²) in [4.78, 5) is 0. The molecule has 306 valence electrons. The minimum atomic E-state index is -0.355. The van der Waals surface area contributed by atoms with E-state index in [-0.39, 0.29) is 11.3 Å². The van der Waals surface area contributed by atoms with Crippen LogP contribution in [0.3, 0.4) is 0 Å². The van der Waals surface area contributed by atoms with Crippen molar-refractivity contribution in [3.05, 3.63) is 257 Å². The van der Waals surface area contributed by atoms with E-state index < -0.39 is 0 Å². The van der Waals surface area contributed by atoms with Gasteiger partial charge in [0.15, 0.2) is 0 Å². The first-order valence-corrected chi connectivity index (χ1v) is 22.4. The number of hydrogen-bond donors (Lipinski definition) is 1. The molecule has 1 unspecified atom stereocenters. The van der Waals surface area contributed by atoms with Crippen molar-refractivity contribution in [3.8, 4) is 44.5 Å². The van der Waals surface area contributed by atoms with Gasteiger partial charge in [0.25, 0.3) is 0 Å². The number of benzene rings is 8. The highest BCUT2D eigenvalue weighted by atomic mass is 14.5. The van der Waals surface area contributed by atoms with Gasteiger partial charge in [-0.15, -0.1) is 0 Å². The second kappa shape index (κ2) is 19.3. The lowest BCUT2D eigenvalue weighted by Gasteiger charge is -2.30. The van der Waals surface area contributed by atoms with Crippen LogP contribution in [-0.4, -0.2) is 0 Å². The smallest absolute Gasteiger partial charge is 0.0725 e. The van der Waals surface area contributed by atoms with E-state index >= 15 is 0 Å². The lowest BCUT2D eigenvalue weighted by molar-refractivity contribution is 0.794. The Morgan fingerprint density at radius 2 is 1.00 bits per heavy atom. The number of allylic oxidation sites excluding steroid dienone is 3. The molecule has 8 aromatic rings. The molecule has 62 heavy (non-hydrogen) atoms. The maximum Gasteiger partial charge on any atom is 0.0725 e. The first kappa shape index (κ1) is 41.9. The molecule has 2 aliphatic rings. The lowest BCUT2D eigenvalue weighted by Crippen LogP contribution is -2.25. The summed E-state index contributed by atoms with van der Waals surface area (Å²) in [5, 5.41) is 0. The minimum Gasteiger partial charge on any atom is -0.326 e. The van der Waals surface area contributed by atoms with Crippen molar-refractivity contribution < 1.29 is 0 Å². The van der Waals surface area contributed by atoms with Gasteiger partial charge >= 0.3 is 0 Å². The Kier molecular flexibility index (Phi) is 13.0. The second-order valence-corrected chi connectivity index (χ2v) is 16.0. The molecule has 0 amide bonds. The molecule has 0 aromatic heterocycles. The highest BCUT2D eigenvalue weighted by Gasteiger charge is 2.51. The van der Waals surface area contributed by atoms with Gasteiger partial charge in [-0.25, -0.2) is 0 Å². The molecule has 1 spiro atoms. The summed E-state index contributed by atoms with van der Waals surface area (Å²) in [6, 6.07) is 71.2. The van der Waals surface area contributed by atoms with Crippen LogP contribution < -0.4 is 5.73 Å². The summed E-state index contributed by atoms with van der Waals surface area (Å²) in [5.41, 5.74) is 25.9. The molecule has 2 aliphatic carbocycles. The fraction of sp³-hybridized carbons (Fsp3) is 0.148. The quantitative estimate of drug-likeness (QED) is 0.145. The molecule has 10 rings (SSSR count). The van der Waals surface area contributed by atoms with Crippen LogP contribution in [0.25, 0.3) is 50.6 Å². The van der Waals surface area contributed by atoms with Crippen LogP contribution in [0.15, 0.2) is 212 Å². The summed E-state index contributed by atoms with van der Waals surface area (Å²) in [5.74, 6) is 0.241. The van der Waals surface area contributed by atoms with E-state index in [0.717, 1.165) is 12.8 Å². The molecule has 0 heterocycles. The first-order valence-electron chi connectivity index (χ1n) is 22.4. The fourth-order valence-corrected chi connectivity index (χ4v) is 9.44. The van der Waals surface area contributed by atoms with E-state index in [1.165, 1.54) is 89.0 Å². The molecular formula is C61H57N. The predicted molar refractivity (Wildman–Crippen MR) is 266 cm³/mol. The summed E-state index contributed by atoms with van der Waals surface area (Å²) < 4.78 is 0. The SMILES string of the molecule is CC.CCC/C=C\C=Cc1cc(C(C)c2cccc(-c3ccccc3)c2)ccc1-c1ccc2c(c1)C1(c3ccccc3-c3ccccc31)c1ccccc1-2.NCc1ccccc1. The van der Waals surface area contributed by atoms with E-state index in [4.69, 9.17) is 5.73 Å². The van der Waals surface area contributed by atoms with Crippen LogP contribution in [0.1, 0.15) is 91.0 Å². The standard InChI is InChI=1S/C52H42.C7H9N.C2H6/c1-3-4-5-6-8-20-41-34-39(36(2)38-21-17-22-40(33-38)37-18-9-7-10-19-37)29-31-43(41)42-30-32-47-46-25-13-16-28-50(46)52(51(47)35-42)48-26-14-11-23-44(48)45-24-12-15-27-49(45)52;8-6-7-4-2-1-3-5-7;1-2/h5-36H,3-4H2,1-2H3;1-5H,6,8H2;1-2H3/b6-5-,20-8?;;. The van der Waals surface area contributed by atoms with Gasteiger partial charge < -0.3 is 5.73 Å². The molecule has 0 bridgehead atoms. The topological polar surface area (TPSA) is 26.0 Å². The summed E-state index contributed by atoms with van der Waals surface area (Å²) >= 11 is 0. The number of hydrogen-bond acceptors (Lipinski definition) is 1. The van der Waals surface area contributed by atoms with Crippen molar-refractivity contribution in [1.82, 2.24) is 0 Å². The largest absolute Gasteiger partial charge is 0.326 e. The van der Waals surface area contributed by atoms with Crippen LogP contribution >= 0.6 is 0 Å². The Morgan fingerprint density at radius 1 is 0.468 bits per heavy atom. The molecule has 1 heteroatoms. The highest BCUT2D eigenvalue weighted by molar-refractivity contribution is 5.96. The maximum atomic E-state index is 5.35. The fourth-order valence-electron chi connectivity index (χ4n) is 9.44. The molecule has 0 saturated heterocycles. The van der Waals surface area contributed by atoms with Crippen molar-refractivity contribution in [1.29, 1.82) is 0 Å². The lowest BCUT2D eigenvalue weighted by atomic mass is 9.70. The zero-order valence-corrected chi connectivity index (χ0v) is 36.6. The molecule has 8 aromatic carbocycles. The molecule has 0 fully saturated rings. The van der Waals surface area contributed by atoms with E-state index in [1.54, 1.807) is 0 Å². The Labute approximate surface area is 370 Å². The maximum absolute atomic E-state index is 5.35. The monoisotopic (exact) mass is 803 g/mol. The normalized spacial score (nSPS) is 13.0. The van der Waals surface area contributed by atoms with E-state index in [1.807, 2.05) is 44.2 Å². The number of rotatable bonds is 9. The Morgan fingerprint density at radius 3 is 1.60 bits per heavy atom. The van der Waals surface area contributed by atoms with Gasteiger partial charge in [-0.05, 0) is 102 Å². The van der Waals surface area contributed by atoms with Crippen LogP contribution in [-0.2, 0) is 12.0 Å². The molecule has 2 N–H and O–H groups in total. The van der Waals surface area contributed by atoms with Crippen molar-refractivity contribution in [2.45, 2.75) is 58.4 Å². The van der Waals surface area contributed by atoms with Crippen LogP contribution in [0, 0.1) is 0 Å². The summed E-state index contributed by atoms with van der Waals surface area (Å²) in [6.45, 7) is 9.20. The Hall–Kier alpha value is -6.80. The van der Waals surface area contributed by atoms with E-state index in [0.29, 0.717) is 6.54 Å². The average Bonchev–Trinajstić information content (AvgIpc) is 3.82. The van der Waals surface area contributed by atoms with Gasteiger partial charge in [-0.3, -0.25) is 0 Å². The summed E-state index contributed by atoms with van der Waals surface area (Å²) in [6.07, 6.45) is 11.2. The van der Waals surface area contributed by atoms with Crippen LogP contribution in [0.4, 0.5) is 0 Å². The minimum absolute atomic E-state index is 0.241. The van der Waals surface area contributed by atoms with Crippen molar-refractivity contribution in [2.24, 2.45) is 5.73 Å². The first-order chi connectivity index (χ1) is 30.6. The van der Waals surface area contributed by atoms with Crippen molar-refractivity contribution in [3.63, 3.8) is 0 Å². The molecular weight excluding hydrogens is 747 g/mol. The Balaban J connectivity index is 0.000000473. The van der Waals surface area contributed by atoms with Gasteiger partial charge in [-0.2, -0.15) is 0 Å². The third-order valence-electron chi connectivity index (χ3n) is 12.4. The van der Waals surface area contributed by atoms with Crippen LogP contribution in [0.5, 0.6) is 0 Å². The van der Waals surface area contributed by atoms with Gasteiger partial charge in [0.2, 0.25) is 0 Å². The van der Waals surface area contributed by atoms with Crippen molar-refractivity contribution in [2.75, 3.05) is 0 Å². The highest BCUT2D eigenvalue weighted by Crippen LogP contribution is 2.63. The number of nitrogens with two attached hydrogens (primary N) is 1. The van der Waals surface area contributed by atoms with Gasteiger partial charge in [0.05, 0.1) is 5.41 Å². The molecule has 0 aliphatic heterocycles. The average molecular weight is 804 g/mol. The summed E-state index contributed by atoms with van der Waals surface area (Å²) in [7, 11) is 0. The van der Waals surface area contributed by atoms with E-state index in [9.17, 15) is 0 Å². The molecule has 0 radical (unpaired) electrons. The molecule has 1 atom stereocenters.